The predicted molar refractivity (Wildman–Crippen MR) is 143 cm³/mol. The zero-order valence-electron chi connectivity index (χ0n) is 23.7. The first-order valence-electron chi connectivity index (χ1n) is 13.1. The molecule has 0 saturated carbocycles. The molecule has 0 spiro atoms. The Morgan fingerprint density at radius 1 is 1.13 bits per heavy atom. The van der Waals surface area contributed by atoms with Crippen LogP contribution in [0.3, 0.4) is 0 Å². The van der Waals surface area contributed by atoms with Gasteiger partial charge in [0.05, 0.1) is 17.0 Å². The maximum atomic E-state index is 12.9. The molecule has 212 valence electrons. The van der Waals surface area contributed by atoms with Crippen LogP contribution in [-0.2, 0) is 28.7 Å². The number of hydrogen-bond donors (Lipinski definition) is 1. The third kappa shape index (κ3) is 7.44. The zero-order valence-corrected chi connectivity index (χ0v) is 24.6. The van der Waals surface area contributed by atoms with Crippen molar-refractivity contribution >= 4 is 34.4 Å². The number of nitrogens with zero attached hydrogens (tertiary/aromatic N) is 3. The standard InChI is InChI=1S/C25H41BN4O7S/c1-17(29-22(32)35-23(2,3)4)20(31)30-12-9-18(10-13-30)11-14-38(33,34)21-27-15-19(16-28-21)26-36-24(5,6)25(7,8)37-26/h15-18H,9-14H2,1-8H3,(H,29,32). The molecule has 38 heavy (non-hydrogen) atoms. The van der Waals surface area contributed by atoms with Gasteiger partial charge in [-0.2, -0.15) is 0 Å². The molecule has 11 nitrogen and oxygen atoms in total. The van der Waals surface area contributed by atoms with Crippen molar-refractivity contribution in [1.29, 1.82) is 0 Å². The lowest BCUT2D eigenvalue weighted by atomic mass is 9.81. The molecule has 2 saturated heterocycles. The van der Waals surface area contributed by atoms with Crippen LogP contribution in [0.15, 0.2) is 17.6 Å². The summed E-state index contributed by atoms with van der Waals surface area (Å²) in [6.45, 7) is 15.7. The number of piperidine rings is 1. The minimum Gasteiger partial charge on any atom is -0.444 e. The first-order chi connectivity index (χ1) is 17.4. The van der Waals surface area contributed by atoms with Crippen LogP contribution in [0.1, 0.15) is 74.7 Å². The number of alkyl carbamates (subject to hydrolysis) is 1. The highest BCUT2D eigenvalue weighted by Gasteiger charge is 2.52. The van der Waals surface area contributed by atoms with Crippen LogP contribution in [0.25, 0.3) is 0 Å². The first-order valence-corrected chi connectivity index (χ1v) is 14.7. The van der Waals surface area contributed by atoms with Crippen LogP contribution < -0.4 is 10.8 Å². The van der Waals surface area contributed by atoms with Crippen LogP contribution in [-0.4, -0.2) is 84.1 Å². The van der Waals surface area contributed by atoms with Crippen LogP contribution in [0.5, 0.6) is 0 Å². The number of nitrogens with one attached hydrogen (secondary N) is 1. The van der Waals surface area contributed by atoms with Crippen molar-refractivity contribution in [2.24, 2.45) is 5.92 Å². The molecule has 3 heterocycles. The van der Waals surface area contributed by atoms with Crippen molar-refractivity contribution in [1.82, 2.24) is 20.2 Å². The Morgan fingerprint density at radius 3 is 2.16 bits per heavy atom. The van der Waals surface area contributed by atoms with Gasteiger partial charge in [-0.25, -0.2) is 23.2 Å². The summed E-state index contributed by atoms with van der Waals surface area (Å²) in [6.07, 6.45) is 4.07. The van der Waals surface area contributed by atoms with E-state index >= 15 is 0 Å². The Kier molecular flexibility index (Phi) is 8.84. The Balaban J connectivity index is 1.47. The maximum Gasteiger partial charge on any atom is 0.498 e. The quantitative estimate of drug-likeness (QED) is 0.398. The van der Waals surface area contributed by atoms with Gasteiger partial charge in [0.15, 0.2) is 0 Å². The molecule has 3 rings (SSSR count). The van der Waals surface area contributed by atoms with E-state index in [0.29, 0.717) is 37.8 Å². The largest absolute Gasteiger partial charge is 0.498 e. The molecule has 0 radical (unpaired) electrons. The SMILES string of the molecule is CC(NC(=O)OC(C)(C)C)C(=O)N1CCC(CCS(=O)(=O)c2ncc(B3OC(C)(C)C(C)(C)O3)cn2)CC1. The number of ether oxygens (including phenoxy) is 1. The van der Waals surface area contributed by atoms with E-state index in [2.05, 4.69) is 15.3 Å². The van der Waals surface area contributed by atoms with E-state index in [4.69, 9.17) is 14.0 Å². The van der Waals surface area contributed by atoms with Crippen molar-refractivity contribution in [3.63, 3.8) is 0 Å². The van der Waals surface area contributed by atoms with Crippen molar-refractivity contribution in [3.8, 4) is 0 Å². The molecule has 1 N–H and O–H groups in total. The highest BCUT2D eigenvalue weighted by molar-refractivity contribution is 7.91. The summed E-state index contributed by atoms with van der Waals surface area (Å²) in [5.41, 5.74) is -1.12. The van der Waals surface area contributed by atoms with Gasteiger partial charge in [-0.15, -0.1) is 0 Å². The first kappa shape index (κ1) is 30.3. The van der Waals surface area contributed by atoms with E-state index in [9.17, 15) is 18.0 Å². The van der Waals surface area contributed by atoms with Gasteiger partial charge in [-0.3, -0.25) is 4.79 Å². The van der Waals surface area contributed by atoms with Crippen LogP contribution >= 0.6 is 0 Å². The molecular formula is C25H41BN4O7S. The summed E-state index contributed by atoms with van der Waals surface area (Å²) in [7, 11) is -4.32. The van der Waals surface area contributed by atoms with Gasteiger partial charge in [0.25, 0.3) is 0 Å². The number of aromatic nitrogens is 2. The maximum absolute atomic E-state index is 12.9. The summed E-state index contributed by atoms with van der Waals surface area (Å²) >= 11 is 0. The van der Waals surface area contributed by atoms with Gasteiger partial charge in [0, 0.05) is 30.9 Å². The van der Waals surface area contributed by atoms with Gasteiger partial charge in [0.1, 0.15) is 11.6 Å². The molecular weight excluding hydrogens is 511 g/mol. The Hall–Kier alpha value is -2.25. The molecule has 13 heteroatoms. The summed E-state index contributed by atoms with van der Waals surface area (Å²) < 4.78 is 42.9. The van der Waals surface area contributed by atoms with Crippen molar-refractivity contribution in [3.05, 3.63) is 12.4 Å². The zero-order chi connectivity index (χ0) is 28.5. The molecule has 2 fully saturated rings. The minimum absolute atomic E-state index is 0.0714. The van der Waals surface area contributed by atoms with E-state index in [1.54, 1.807) is 32.6 Å². The van der Waals surface area contributed by atoms with Gasteiger partial charge < -0.3 is 24.3 Å². The predicted octanol–water partition coefficient (Wildman–Crippen LogP) is 2.09. The van der Waals surface area contributed by atoms with Crippen molar-refractivity contribution < 1.29 is 32.1 Å². The normalized spacial score (nSPS) is 20.7. The number of rotatable bonds is 7. The fourth-order valence-corrected chi connectivity index (χ4v) is 5.52. The molecule has 0 aliphatic carbocycles. The molecule has 0 bridgehead atoms. The Labute approximate surface area is 226 Å². The number of amides is 2. The molecule has 2 aliphatic heterocycles. The fourth-order valence-electron chi connectivity index (χ4n) is 4.26. The van der Waals surface area contributed by atoms with Crippen LogP contribution in [0, 0.1) is 5.92 Å². The van der Waals surface area contributed by atoms with Crippen LogP contribution in [0.2, 0.25) is 0 Å². The monoisotopic (exact) mass is 552 g/mol. The number of carbonyl (C=O) groups is 2. The molecule has 0 aromatic carbocycles. The lowest BCUT2D eigenvalue weighted by molar-refractivity contribution is -0.134. The topological polar surface area (TPSA) is 137 Å². The van der Waals surface area contributed by atoms with Gasteiger partial charge in [0.2, 0.25) is 20.9 Å². The summed E-state index contributed by atoms with van der Waals surface area (Å²) in [5, 5.41) is 2.36. The number of likely N-dealkylation sites (tertiary alicyclic amines) is 1. The van der Waals surface area contributed by atoms with E-state index in [0.717, 1.165) is 0 Å². The van der Waals surface area contributed by atoms with E-state index in [-0.39, 0.29) is 22.7 Å². The van der Waals surface area contributed by atoms with E-state index < -0.39 is 45.9 Å². The van der Waals surface area contributed by atoms with E-state index in [1.807, 2.05) is 27.7 Å². The third-order valence-corrected chi connectivity index (χ3v) is 8.82. The summed E-state index contributed by atoms with van der Waals surface area (Å²) in [6, 6.07) is -0.709. The average molecular weight is 553 g/mol. The molecule has 2 aliphatic rings. The number of hydrogen-bond acceptors (Lipinski definition) is 9. The molecule has 1 atom stereocenters. The molecule has 1 aromatic heterocycles. The second-order valence-corrected chi connectivity index (χ2v) is 14.1. The highest BCUT2D eigenvalue weighted by Crippen LogP contribution is 2.36. The van der Waals surface area contributed by atoms with Gasteiger partial charge in [-0.1, -0.05) is 0 Å². The number of sulfone groups is 1. The van der Waals surface area contributed by atoms with Crippen molar-refractivity contribution in [2.75, 3.05) is 18.8 Å². The Morgan fingerprint density at radius 2 is 1.66 bits per heavy atom. The van der Waals surface area contributed by atoms with Crippen molar-refractivity contribution in [2.45, 2.75) is 103 Å². The van der Waals surface area contributed by atoms with Gasteiger partial charge in [-0.05, 0) is 80.6 Å². The van der Waals surface area contributed by atoms with Crippen LogP contribution in [0.4, 0.5) is 4.79 Å². The lowest BCUT2D eigenvalue weighted by Crippen LogP contribution is -2.50. The van der Waals surface area contributed by atoms with Gasteiger partial charge >= 0.3 is 13.2 Å². The smallest absolute Gasteiger partial charge is 0.444 e. The second-order valence-electron chi connectivity index (χ2n) is 12.1. The van der Waals surface area contributed by atoms with E-state index in [1.165, 1.54) is 12.4 Å². The summed E-state index contributed by atoms with van der Waals surface area (Å²) in [4.78, 5) is 34.6. The second kappa shape index (κ2) is 11.1. The number of carbonyl (C=O) groups excluding carboxylic acids is 2. The lowest BCUT2D eigenvalue weighted by Gasteiger charge is -2.33. The highest BCUT2D eigenvalue weighted by atomic mass is 32.2. The fraction of sp³-hybridized carbons (Fsp3) is 0.760. The average Bonchev–Trinajstić information content (AvgIpc) is 3.03. The summed E-state index contributed by atoms with van der Waals surface area (Å²) in [5.74, 6) is -0.0951. The molecule has 1 unspecified atom stereocenters. The third-order valence-electron chi connectivity index (χ3n) is 7.28. The minimum atomic E-state index is -3.66. The Bertz CT molecular complexity index is 1100. The molecule has 1 aromatic rings. The molecule has 2 amide bonds.